The first-order chi connectivity index (χ1) is 16.1. The number of anilines is 2. The molecule has 12 nitrogen and oxygen atoms in total. The van der Waals surface area contributed by atoms with Crippen LogP contribution in [0.1, 0.15) is 0 Å². The minimum Gasteiger partial charge on any atom is -0.484 e. The standard InChI is InChI=1S/C21H18N4O8S/c1-23(34(31,32)20-5-3-2-4-19(20)25(29)30)16-10-12-18(13-11-16)33-14-21(26)22-15-6-8-17(9-7-15)24(27)28/h2-13H,14H2,1H3,(H,22,26). The van der Waals surface area contributed by atoms with E-state index in [-0.39, 0.29) is 23.7 Å². The van der Waals surface area contributed by atoms with Crippen LogP contribution in [0.3, 0.4) is 0 Å². The summed E-state index contributed by atoms with van der Waals surface area (Å²) >= 11 is 0. The second-order valence-corrected chi connectivity index (χ2v) is 8.77. The first kappa shape index (κ1) is 24.1. The monoisotopic (exact) mass is 486 g/mol. The van der Waals surface area contributed by atoms with Crippen LogP contribution in [-0.4, -0.2) is 37.8 Å². The van der Waals surface area contributed by atoms with Gasteiger partial charge in [-0.2, -0.15) is 0 Å². The maximum absolute atomic E-state index is 12.9. The van der Waals surface area contributed by atoms with Crippen molar-refractivity contribution in [2.24, 2.45) is 0 Å². The van der Waals surface area contributed by atoms with E-state index in [1.165, 1.54) is 67.7 Å². The van der Waals surface area contributed by atoms with Crippen LogP contribution >= 0.6 is 0 Å². The summed E-state index contributed by atoms with van der Waals surface area (Å²) in [6.07, 6.45) is 0. The van der Waals surface area contributed by atoms with Gasteiger partial charge in [0.25, 0.3) is 27.3 Å². The number of hydrogen-bond acceptors (Lipinski definition) is 8. The molecule has 3 aromatic rings. The average Bonchev–Trinajstić information content (AvgIpc) is 2.83. The molecule has 34 heavy (non-hydrogen) atoms. The fraction of sp³-hybridized carbons (Fsp3) is 0.0952. The van der Waals surface area contributed by atoms with Crippen LogP contribution in [-0.2, 0) is 14.8 Å². The molecular formula is C21H18N4O8S. The summed E-state index contributed by atoms with van der Waals surface area (Å²) in [5, 5.41) is 24.4. The van der Waals surface area contributed by atoms with Crippen LogP contribution in [0.15, 0.2) is 77.7 Å². The minimum atomic E-state index is -4.20. The Kier molecular flexibility index (Phi) is 7.06. The van der Waals surface area contributed by atoms with Gasteiger partial charge in [0.15, 0.2) is 11.5 Å². The van der Waals surface area contributed by atoms with Gasteiger partial charge in [-0.05, 0) is 42.5 Å². The number of nitrogens with one attached hydrogen (secondary N) is 1. The van der Waals surface area contributed by atoms with Crippen molar-refractivity contribution in [1.29, 1.82) is 0 Å². The molecule has 3 aromatic carbocycles. The number of hydrogen-bond donors (Lipinski definition) is 1. The zero-order valence-electron chi connectivity index (χ0n) is 17.7. The summed E-state index contributed by atoms with van der Waals surface area (Å²) in [6.45, 7) is -0.360. The van der Waals surface area contributed by atoms with E-state index >= 15 is 0 Å². The Bertz CT molecular complexity index is 1330. The molecule has 13 heteroatoms. The molecule has 0 aliphatic heterocycles. The van der Waals surface area contributed by atoms with Gasteiger partial charge in [-0.1, -0.05) is 12.1 Å². The lowest BCUT2D eigenvalue weighted by Gasteiger charge is -2.19. The molecule has 1 N–H and O–H groups in total. The Morgan fingerprint density at radius 3 is 2.15 bits per heavy atom. The summed E-state index contributed by atoms with van der Waals surface area (Å²) in [5.41, 5.74) is -0.0613. The smallest absolute Gasteiger partial charge is 0.289 e. The van der Waals surface area contributed by atoms with Crippen LogP contribution < -0.4 is 14.4 Å². The summed E-state index contributed by atoms with van der Waals surface area (Å²) in [6, 6.07) is 16.1. The number of amides is 1. The highest BCUT2D eigenvalue weighted by Crippen LogP contribution is 2.29. The minimum absolute atomic E-state index is 0.108. The Morgan fingerprint density at radius 2 is 1.56 bits per heavy atom. The number of nitrogens with zero attached hydrogens (tertiary/aromatic N) is 3. The summed E-state index contributed by atoms with van der Waals surface area (Å²) in [5.74, 6) is -0.229. The average molecular weight is 486 g/mol. The van der Waals surface area contributed by atoms with Gasteiger partial charge in [-0.25, -0.2) is 8.42 Å². The molecule has 0 radical (unpaired) electrons. The van der Waals surface area contributed by atoms with Gasteiger partial charge >= 0.3 is 0 Å². The molecule has 0 atom stereocenters. The van der Waals surface area contributed by atoms with Crippen molar-refractivity contribution in [3.8, 4) is 5.75 Å². The number of nitro groups is 2. The first-order valence-corrected chi connectivity index (χ1v) is 11.0. The molecular weight excluding hydrogens is 468 g/mol. The Labute approximate surface area is 193 Å². The van der Waals surface area contributed by atoms with Gasteiger partial charge in [0.05, 0.1) is 15.5 Å². The number of carbonyl (C=O) groups excluding carboxylic acids is 1. The van der Waals surface area contributed by atoms with Crippen molar-refractivity contribution in [2.75, 3.05) is 23.3 Å². The molecule has 0 saturated carbocycles. The normalized spacial score (nSPS) is 10.9. The molecule has 0 saturated heterocycles. The number of non-ortho nitro benzene ring substituents is 1. The van der Waals surface area contributed by atoms with Gasteiger partial charge in [0, 0.05) is 30.9 Å². The predicted molar refractivity (Wildman–Crippen MR) is 122 cm³/mol. The molecule has 176 valence electrons. The van der Waals surface area contributed by atoms with Crippen molar-refractivity contribution in [1.82, 2.24) is 0 Å². The number of sulfonamides is 1. The lowest BCUT2D eigenvalue weighted by Crippen LogP contribution is -2.27. The Hall–Kier alpha value is -4.52. The number of nitro benzene ring substituents is 2. The third-order valence-corrected chi connectivity index (χ3v) is 6.47. The molecule has 0 aliphatic rings. The van der Waals surface area contributed by atoms with E-state index in [4.69, 9.17) is 4.74 Å². The molecule has 0 fully saturated rings. The third kappa shape index (κ3) is 5.45. The second kappa shape index (κ2) is 9.95. The van der Waals surface area contributed by atoms with Gasteiger partial charge < -0.3 is 10.1 Å². The fourth-order valence-corrected chi connectivity index (χ4v) is 4.23. The van der Waals surface area contributed by atoms with Crippen LogP contribution in [0.4, 0.5) is 22.7 Å². The molecule has 0 aliphatic carbocycles. The second-order valence-electron chi connectivity index (χ2n) is 6.83. The van der Waals surface area contributed by atoms with Gasteiger partial charge in [-0.15, -0.1) is 0 Å². The molecule has 0 spiro atoms. The highest BCUT2D eigenvalue weighted by Gasteiger charge is 2.29. The molecule has 0 heterocycles. The number of para-hydroxylation sites is 1. The van der Waals surface area contributed by atoms with Crippen molar-refractivity contribution in [3.05, 3.63) is 93.0 Å². The largest absolute Gasteiger partial charge is 0.484 e. The van der Waals surface area contributed by atoms with Crippen molar-refractivity contribution in [3.63, 3.8) is 0 Å². The molecule has 0 aromatic heterocycles. The lowest BCUT2D eigenvalue weighted by molar-refractivity contribution is -0.387. The van der Waals surface area contributed by atoms with Gasteiger partial charge in [0.1, 0.15) is 5.75 Å². The quantitative estimate of drug-likeness (QED) is 0.356. The number of rotatable bonds is 9. The summed E-state index contributed by atoms with van der Waals surface area (Å²) < 4.78 is 32.1. The highest BCUT2D eigenvalue weighted by atomic mass is 32.2. The zero-order chi connectivity index (χ0) is 24.9. The van der Waals surface area contributed by atoms with E-state index in [2.05, 4.69) is 5.32 Å². The predicted octanol–water partition coefficient (Wildman–Crippen LogP) is 3.35. The SMILES string of the molecule is CN(c1ccc(OCC(=O)Nc2ccc([N+](=O)[O-])cc2)cc1)S(=O)(=O)c1ccccc1[N+](=O)[O-]. The van der Waals surface area contributed by atoms with Crippen molar-refractivity contribution < 1.29 is 27.8 Å². The van der Waals surface area contributed by atoms with Crippen LogP contribution in [0, 0.1) is 20.2 Å². The maximum atomic E-state index is 12.9. The van der Waals surface area contributed by atoms with E-state index in [0.717, 1.165) is 16.4 Å². The van der Waals surface area contributed by atoms with Crippen LogP contribution in [0.2, 0.25) is 0 Å². The molecule has 1 amide bonds. The zero-order valence-corrected chi connectivity index (χ0v) is 18.5. The molecule has 0 unspecified atom stereocenters. The first-order valence-electron chi connectivity index (χ1n) is 9.59. The molecule has 0 bridgehead atoms. The van der Waals surface area contributed by atoms with Crippen molar-refractivity contribution in [2.45, 2.75) is 4.90 Å². The van der Waals surface area contributed by atoms with Gasteiger partial charge in [0.2, 0.25) is 0 Å². The van der Waals surface area contributed by atoms with Gasteiger partial charge in [-0.3, -0.25) is 29.3 Å². The number of benzene rings is 3. The maximum Gasteiger partial charge on any atom is 0.289 e. The third-order valence-electron chi connectivity index (χ3n) is 4.63. The number of carbonyl (C=O) groups is 1. The van der Waals surface area contributed by atoms with Crippen molar-refractivity contribution >= 4 is 38.7 Å². The Balaban J connectivity index is 1.64. The van der Waals surface area contributed by atoms with Crippen LogP contribution in [0.25, 0.3) is 0 Å². The topological polar surface area (TPSA) is 162 Å². The summed E-state index contributed by atoms with van der Waals surface area (Å²) in [7, 11) is -2.94. The highest BCUT2D eigenvalue weighted by molar-refractivity contribution is 7.93. The lowest BCUT2D eigenvalue weighted by atomic mass is 10.3. The van der Waals surface area contributed by atoms with E-state index in [1.807, 2.05) is 0 Å². The summed E-state index contributed by atoms with van der Waals surface area (Å²) in [4.78, 5) is 32.2. The Morgan fingerprint density at radius 1 is 0.941 bits per heavy atom. The molecule has 3 rings (SSSR count). The van der Waals surface area contributed by atoms with Crippen LogP contribution in [0.5, 0.6) is 5.75 Å². The van der Waals surface area contributed by atoms with E-state index < -0.39 is 36.4 Å². The van der Waals surface area contributed by atoms with E-state index in [0.29, 0.717) is 5.69 Å². The fourth-order valence-electron chi connectivity index (χ4n) is 2.88. The van der Waals surface area contributed by atoms with E-state index in [9.17, 15) is 33.4 Å². The number of ether oxygens (including phenoxy) is 1. The van der Waals surface area contributed by atoms with E-state index in [1.54, 1.807) is 0 Å².